The number of carbonyl (C=O) groups excluding carboxylic acids is 2. The Hall–Kier alpha value is -1.38. The molecule has 0 aromatic heterocycles. The zero-order valence-corrected chi connectivity index (χ0v) is 16.0. The van der Waals surface area contributed by atoms with Crippen molar-refractivity contribution in [3.63, 3.8) is 0 Å². The molecule has 144 valence electrons. The maximum atomic E-state index is 12.8. The van der Waals surface area contributed by atoms with E-state index in [9.17, 15) is 9.59 Å². The van der Waals surface area contributed by atoms with Crippen LogP contribution in [0.3, 0.4) is 0 Å². The number of amides is 2. The van der Waals surface area contributed by atoms with Gasteiger partial charge in [0, 0.05) is 38.4 Å². The lowest BCUT2D eigenvalue weighted by atomic mass is 9.92. The van der Waals surface area contributed by atoms with E-state index in [1.54, 1.807) is 4.90 Å². The van der Waals surface area contributed by atoms with E-state index in [4.69, 9.17) is 17.0 Å². The van der Waals surface area contributed by atoms with Crippen molar-refractivity contribution < 1.29 is 14.3 Å². The molecular weight excluding hydrogens is 352 g/mol. The Kier molecular flexibility index (Phi) is 7.10. The van der Waals surface area contributed by atoms with Gasteiger partial charge in [0.2, 0.25) is 11.8 Å². The van der Waals surface area contributed by atoms with Gasteiger partial charge in [0.25, 0.3) is 0 Å². The second-order valence-electron chi connectivity index (χ2n) is 7.13. The Balaban J connectivity index is 1.51. The van der Waals surface area contributed by atoms with Crippen LogP contribution in [0.1, 0.15) is 38.5 Å². The fourth-order valence-corrected chi connectivity index (χ4v) is 4.15. The summed E-state index contributed by atoms with van der Waals surface area (Å²) in [6.07, 6.45) is 7.72. The number of aliphatic imine (C=N–C) groups is 1. The fourth-order valence-electron chi connectivity index (χ4n) is 3.81. The smallest absolute Gasteiger partial charge is 0.247 e. The number of nitrogens with zero attached hydrogens (tertiary/aromatic N) is 3. The predicted octanol–water partition coefficient (Wildman–Crippen LogP) is 0.972. The van der Waals surface area contributed by atoms with Gasteiger partial charge in [-0.05, 0) is 31.5 Å². The van der Waals surface area contributed by atoms with Gasteiger partial charge in [-0.3, -0.25) is 24.4 Å². The van der Waals surface area contributed by atoms with E-state index in [-0.39, 0.29) is 23.0 Å². The molecule has 7 nitrogen and oxygen atoms in total. The lowest BCUT2D eigenvalue weighted by Crippen LogP contribution is -2.61. The van der Waals surface area contributed by atoms with Crippen LogP contribution in [-0.4, -0.2) is 78.4 Å². The van der Waals surface area contributed by atoms with Crippen LogP contribution in [0.5, 0.6) is 0 Å². The molecule has 2 saturated heterocycles. The van der Waals surface area contributed by atoms with Crippen LogP contribution in [0.2, 0.25) is 0 Å². The molecule has 3 aliphatic rings. The third-order valence-corrected chi connectivity index (χ3v) is 5.59. The molecular formula is C18H28N4O3S. The summed E-state index contributed by atoms with van der Waals surface area (Å²) in [7, 11) is 0. The molecule has 8 heteroatoms. The van der Waals surface area contributed by atoms with Gasteiger partial charge in [0.15, 0.2) is 11.0 Å². The minimum Gasteiger partial charge on any atom is -0.379 e. The molecule has 0 unspecified atom stereocenters. The van der Waals surface area contributed by atoms with Crippen LogP contribution in [0.15, 0.2) is 4.99 Å². The number of carbonyl (C=O) groups is 2. The molecule has 2 amide bonds. The van der Waals surface area contributed by atoms with Gasteiger partial charge in [-0.2, -0.15) is 0 Å². The molecule has 0 radical (unpaired) electrons. The number of morpholine rings is 1. The topological polar surface area (TPSA) is 74.2 Å². The summed E-state index contributed by atoms with van der Waals surface area (Å²) in [5.74, 6) is -1.43. The van der Waals surface area contributed by atoms with Crippen molar-refractivity contribution >= 4 is 35.4 Å². The summed E-state index contributed by atoms with van der Waals surface area (Å²) < 4.78 is 5.33. The minimum absolute atomic E-state index is 0.113. The summed E-state index contributed by atoms with van der Waals surface area (Å²) in [5.41, 5.74) is 0. The maximum Gasteiger partial charge on any atom is 0.247 e. The van der Waals surface area contributed by atoms with Gasteiger partial charge in [-0.25, -0.2) is 0 Å². The van der Waals surface area contributed by atoms with Gasteiger partial charge in [0.05, 0.1) is 13.2 Å². The van der Waals surface area contributed by atoms with Gasteiger partial charge in [-0.15, -0.1) is 0 Å². The van der Waals surface area contributed by atoms with E-state index in [0.717, 1.165) is 65.0 Å². The monoisotopic (exact) mass is 380 g/mol. The Morgan fingerprint density at radius 3 is 2.65 bits per heavy atom. The summed E-state index contributed by atoms with van der Waals surface area (Å²) >= 11 is 5.25. The Morgan fingerprint density at radius 2 is 1.92 bits per heavy atom. The van der Waals surface area contributed by atoms with Crippen molar-refractivity contribution in [3.8, 4) is 0 Å². The molecule has 2 heterocycles. The summed E-state index contributed by atoms with van der Waals surface area (Å²) in [6.45, 7) is 5.07. The van der Waals surface area contributed by atoms with Crippen LogP contribution in [0, 0.1) is 5.92 Å². The van der Waals surface area contributed by atoms with E-state index in [0.29, 0.717) is 6.54 Å². The molecule has 0 bridgehead atoms. The van der Waals surface area contributed by atoms with Gasteiger partial charge < -0.3 is 10.1 Å². The number of nitrogens with one attached hydrogen (secondary N) is 1. The lowest BCUT2D eigenvalue weighted by molar-refractivity contribution is -0.139. The number of ether oxygens (including phenoxy) is 1. The first-order valence-electron chi connectivity index (χ1n) is 9.65. The third kappa shape index (κ3) is 4.86. The van der Waals surface area contributed by atoms with Crippen molar-refractivity contribution in [2.75, 3.05) is 39.4 Å². The average molecular weight is 381 g/mol. The highest BCUT2D eigenvalue weighted by Crippen LogP contribution is 2.25. The van der Waals surface area contributed by atoms with E-state index in [2.05, 4.69) is 15.2 Å². The Bertz CT molecular complexity index is 557. The van der Waals surface area contributed by atoms with Crippen molar-refractivity contribution in [1.82, 2.24) is 15.1 Å². The molecule has 1 saturated carbocycles. The quantitative estimate of drug-likeness (QED) is 0.322. The van der Waals surface area contributed by atoms with Crippen molar-refractivity contribution in [2.45, 2.75) is 44.6 Å². The average Bonchev–Trinajstić information content (AvgIpc) is 2.65. The highest BCUT2D eigenvalue weighted by molar-refractivity contribution is 7.80. The second-order valence-corrected chi connectivity index (χ2v) is 7.52. The molecule has 1 N–H and O–H groups in total. The number of rotatable bonds is 6. The highest BCUT2D eigenvalue weighted by Gasteiger charge is 2.40. The summed E-state index contributed by atoms with van der Waals surface area (Å²) in [6, 6.07) is 0.113. The van der Waals surface area contributed by atoms with Gasteiger partial charge >= 0.3 is 0 Å². The molecule has 3 fully saturated rings. The van der Waals surface area contributed by atoms with Crippen molar-refractivity contribution in [2.24, 2.45) is 10.9 Å². The van der Waals surface area contributed by atoms with E-state index >= 15 is 0 Å². The third-order valence-electron chi connectivity index (χ3n) is 5.29. The summed E-state index contributed by atoms with van der Waals surface area (Å²) in [4.78, 5) is 33.3. The SMILES string of the molecule is O=C1NC(=S)N(C2CCCCC2)C(=O)[C@@H]1C=NCCCN1CCOCC1. The van der Waals surface area contributed by atoms with Gasteiger partial charge in [0.1, 0.15) is 0 Å². The Morgan fingerprint density at radius 1 is 1.19 bits per heavy atom. The summed E-state index contributed by atoms with van der Waals surface area (Å²) in [5, 5.41) is 2.94. The zero-order valence-electron chi connectivity index (χ0n) is 15.2. The normalized spacial score (nSPS) is 26.5. The fraction of sp³-hybridized carbons (Fsp3) is 0.778. The standard InChI is InChI=1S/C18H28N4O3S/c23-16-15(13-19-7-4-8-21-9-11-25-12-10-21)17(24)22(18(26)20-16)14-5-2-1-3-6-14/h13-15H,1-12H2,(H,20,23,26)/t15-/m1/s1. The number of hydrogen-bond acceptors (Lipinski definition) is 6. The second kappa shape index (κ2) is 9.53. The largest absolute Gasteiger partial charge is 0.379 e. The molecule has 3 rings (SSSR count). The first-order chi connectivity index (χ1) is 12.7. The van der Waals surface area contributed by atoms with Crippen LogP contribution in [-0.2, 0) is 14.3 Å². The van der Waals surface area contributed by atoms with Crippen molar-refractivity contribution in [1.29, 1.82) is 0 Å². The van der Waals surface area contributed by atoms with Crippen LogP contribution < -0.4 is 5.32 Å². The Labute approximate surface area is 160 Å². The predicted molar refractivity (Wildman–Crippen MR) is 103 cm³/mol. The van der Waals surface area contributed by atoms with Crippen LogP contribution in [0.25, 0.3) is 0 Å². The molecule has 0 aromatic carbocycles. The first-order valence-corrected chi connectivity index (χ1v) is 10.1. The van der Waals surface area contributed by atoms with E-state index in [1.807, 2.05) is 0 Å². The number of hydrogen-bond donors (Lipinski definition) is 1. The molecule has 2 aliphatic heterocycles. The first kappa shape index (κ1) is 19.4. The van der Waals surface area contributed by atoms with Gasteiger partial charge in [-0.1, -0.05) is 19.3 Å². The molecule has 0 aromatic rings. The van der Waals surface area contributed by atoms with Crippen LogP contribution in [0.4, 0.5) is 0 Å². The van der Waals surface area contributed by atoms with E-state index < -0.39 is 5.92 Å². The van der Waals surface area contributed by atoms with Crippen LogP contribution >= 0.6 is 12.2 Å². The molecule has 1 atom stereocenters. The molecule has 26 heavy (non-hydrogen) atoms. The highest BCUT2D eigenvalue weighted by atomic mass is 32.1. The van der Waals surface area contributed by atoms with Crippen molar-refractivity contribution in [3.05, 3.63) is 0 Å². The molecule has 1 aliphatic carbocycles. The lowest BCUT2D eigenvalue weighted by Gasteiger charge is -2.38. The zero-order chi connectivity index (χ0) is 18.4. The van der Waals surface area contributed by atoms with E-state index in [1.165, 1.54) is 12.6 Å². The maximum absolute atomic E-state index is 12.8. The molecule has 0 spiro atoms. The minimum atomic E-state index is -0.855. The number of thiocarbonyl (C=S) groups is 1.